The number of hydrogen-bond donors (Lipinski definition) is 3. The number of hydrogen-bond acceptors (Lipinski definition) is 3. The topological polar surface area (TPSA) is 79.9 Å². The van der Waals surface area contributed by atoms with Crippen LogP contribution in [0.2, 0.25) is 0 Å². The van der Waals surface area contributed by atoms with Gasteiger partial charge in [-0.15, -0.1) is 13.2 Å². The van der Waals surface area contributed by atoms with Crippen molar-refractivity contribution in [3.05, 3.63) is 59.7 Å². The zero-order chi connectivity index (χ0) is 18.4. The number of ether oxygens (including phenoxy) is 1. The zero-order valence-corrected chi connectivity index (χ0v) is 13.4. The number of aliphatic imine (C=N–C) groups is 1. The standard InChI is InChI=1S/C17H18F3N3O2/c1-11-6-8-12(9-7-11)14(24)10-22-16(21)23-13-4-2-3-5-15(13)25-17(18,19)20/h2-9,14,24H,10H2,1H3,(H3,21,22,23). The van der Waals surface area contributed by atoms with E-state index in [9.17, 15) is 18.3 Å². The number of aliphatic hydroxyl groups excluding tert-OH is 1. The summed E-state index contributed by atoms with van der Waals surface area (Å²) in [6, 6.07) is 12.7. The molecule has 0 saturated heterocycles. The van der Waals surface area contributed by atoms with Crippen LogP contribution in [0, 0.1) is 6.92 Å². The number of alkyl halides is 3. The number of rotatable bonds is 5. The first-order valence-corrected chi connectivity index (χ1v) is 7.41. The van der Waals surface area contributed by atoms with Gasteiger partial charge in [-0.1, -0.05) is 42.0 Å². The predicted molar refractivity (Wildman–Crippen MR) is 89.4 cm³/mol. The first-order chi connectivity index (χ1) is 11.7. The van der Waals surface area contributed by atoms with Gasteiger partial charge < -0.3 is 20.9 Å². The van der Waals surface area contributed by atoms with Crippen molar-refractivity contribution in [2.75, 3.05) is 11.9 Å². The van der Waals surface area contributed by atoms with Crippen LogP contribution in [0.25, 0.3) is 0 Å². The Bertz CT molecular complexity index is 731. The van der Waals surface area contributed by atoms with Crippen molar-refractivity contribution in [3.63, 3.8) is 0 Å². The van der Waals surface area contributed by atoms with Crippen LogP contribution in [0.5, 0.6) is 5.75 Å². The number of guanidine groups is 1. The maximum absolute atomic E-state index is 12.4. The number of para-hydroxylation sites is 2. The van der Waals surface area contributed by atoms with Crippen molar-refractivity contribution < 1.29 is 23.0 Å². The SMILES string of the molecule is Cc1ccc(C(O)CN=C(N)Nc2ccccc2OC(F)(F)F)cc1. The number of benzene rings is 2. The fourth-order valence-corrected chi connectivity index (χ4v) is 2.04. The molecular formula is C17H18F3N3O2. The maximum atomic E-state index is 12.4. The molecule has 2 aromatic rings. The van der Waals surface area contributed by atoms with E-state index in [4.69, 9.17) is 5.73 Å². The smallest absolute Gasteiger partial charge is 0.404 e. The molecule has 2 aromatic carbocycles. The molecule has 25 heavy (non-hydrogen) atoms. The number of aryl methyl sites for hydroxylation is 1. The molecule has 0 radical (unpaired) electrons. The molecule has 0 heterocycles. The minimum atomic E-state index is -4.81. The largest absolute Gasteiger partial charge is 0.573 e. The van der Waals surface area contributed by atoms with Crippen LogP contribution >= 0.6 is 0 Å². The summed E-state index contributed by atoms with van der Waals surface area (Å²) >= 11 is 0. The van der Waals surface area contributed by atoms with E-state index in [1.807, 2.05) is 19.1 Å². The normalized spacial score (nSPS) is 13.4. The second kappa shape index (κ2) is 7.89. The van der Waals surface area contributed by atoms with Gasteiger partial charge in [-0.25, -0.2) is 0 Å². The summed E-state index contributed by atoms with van der Waals surface area (Å²) in [5.41, 5.74) is 7.43. The van der Waals surface area contributed by atoms with E-state index in [0.717, 1.165) is 11.6 Å². The predicted octanol–water partition coefficient (Wildman–Crippen LogP) is 3.35. The van der Waals surface area contributed by atoms with Crippen molar-refractivity contribution in [1.82, 2.24) is 0 Å². The van der Waals surface area contributed by atoms with E-state index in [0.29, 0.717) is 5.56 Å². The Hall–Kier alpha value is -2.74. The molecule has 1 unspecified atom stereocenters. The number of halogens is 3. The number of nitrogens with one attached hydrogen (secondary N) is 1. The van der Waals surface area contributed by atoms with Crippen molar-refractivity contribution in [2.45, 2.75) is 19.4 Å². The Kier molecular flexibility index (Phi) is 5.87. The van der Waals surface area contributed by atoms with Crippen LogP contribution in [0.1, 0.15) is 17.2 Å². The molecule has 0 aliphatic heterocycles. The van der Waals surface area contributed by atoms with Gasteiger partial charge in [0.15, 0.2) is 11.7 Å². The molecule has 1 atom stereocenters. The quantitative estimate of drug-likeness (QED) is 0.569. The van der Waals surface area contributed by atoms with Crippen LogP contribution in [0.4, 0.5) is 18.9 Å². The van der Waals surface area contributed by atoms with Gasteiger partial charge in [0.25, 0.3) is 0 Å². The van der Waals surface area contributed by atoms with Crippen LogP contribution in [0.3, 0.4) is 0 Å². The Morgan fingerprint density at radius 3 is 2.48 bits per heavy atom. The lowest BCUT2D eigenvalue weighted by molar-refractivity contribution is -0.274. The van der Waals surface area contributed by atoms with Gasteiger partial charge in [-0.3, -0.25) is 4.99 Å². The van der Waals surface area contributed by atoms with Crippen LogP contribution in [-0.2, 0) is 0 Å². The van der Waals surface area contributed by atoms with Gasteiger partial charge in [-0.05, 0) is 24.6 Å². The minimum Gasteiger partial charge on any atom is -0.404 e. The first kappa shape index (κ1) is 18.6. The molecule has 4 N–H and O–H groups in total. The number of nitrogens with two attached hydrogens (primary N) is 1. The van der Waals surface area contributed by atoms with Gasteiger partial charge in [0.2, 0.25) is 0 Å². The summed E-state index contributed by atoms with van der Waals surface area (Å²) in [5.74, 6) is -0.559. The van der Waals surface area contributed by atoms with Crippen LogP contribution in [-0.4, -0.2) is 24.0 Å². The van der Waals surface area contributed by atoms with E-state index >= 15 is 0 Å². The molecule has 0 saturated carbocycles. The third-order valence-electron chi connectivity index (χ3n) is 3.27. The lowest BCUT2D eigenvalue weighted by atomic mass is 10.1. The Labute approximate surface area is 143 Å². The molecule has 0 aromatic heterocycles. The van der Waals surface area contributed by atoms with E-state index in [-0.39, 0.29) is 18.2 Å². The summed E-state index contributed by atoms with van der Waals surface area (Å²) in [6.07, 6.45) is -5.69. The van der Waals surface area contributed by atoms with Crippen molar-refractivity contribution >= 4 is 11.6 Å². The summed E-state index contributed by atoms with van der Waals surface area (Å²) in [5, 5.41) is 12.6. The fraction of sp³-hybridized carbons (Fsp3) is 0.235. The van der Waals surface area contributed by atoms with Crippen LogP contribution < -0.4 is 15.8 Å². The highest BCUT2D eigenvalue weighted by atomic mass is 19.4. The average molecular weight is 353 g/mol. The zero-order valence-electron chi connectivity index (χ0n) is 13.4. The second-order valence-electron chi connectivity index (χ2n) is 5.32. The van der Waals surface area contributed by atoms with Crippen molar-refractivity contribution in [2.24, 2.45) is 10.7 Å². The van der Waals surface area contributed by atoms with Crippen LogP contribution in [0.15, 0.2) is 53.5 Å². The maximum Gasteiger partial charge on any atom is 0.573 e. The average Bonchev–Trinajstić information content (AvgIpc) is 2.54. The molecule has 5 nitrogen and oxygen atoms in total. The van der Waals surface area contributed by atoms with E-state index in [2.05, 4.69) is 15.0 Å². The van der Waals surface area contributed by atoms with E-state index in [1.54, 1.807) is 12.1 Å². The second-order valence-corrected chi connectivity index (χ2v) is 5.32. The van der Waals surface area contributed by atoms with Gasteiger partial charge in [0.05, 0.1) is 18.3 Å². The lowest BCUT2D eigenvalue weighted by Gasteiger charge is -2.14. The summed E-state index contributed by atoms with van der Waals surface area (Å²) in [7, 11) is 0. The Morgan fingerprint density at radius 1 is 1.20 bits per heavy atom. The number of anilines is 1. The minimum absolute atomic E-state index is 0.0194. The molecule has 8 heteroatoms. The van der Waals surface area contributed by atoms with E-state index in [1.165, 1.54) is 18.2 Å². The summed E-state index contributed by atoms with van der Waals surface area (Å²) < 4.78 is 41.1. The van der Waals surface area contributed by atoms with Gasteiger partial charge in [-0.2, -0.15) is 0 Å². The lowest BCUT2D eigenvalue weighted by Crippen LogP contribution is -2.25. The number of nitrogens with zero attached hydrogens (tertiary/aromatic N) is 1. The highest BCUT2D eigenvalue weighted by Crippen LogP contribution is 2.29. The monoisotopic (exact) mass is 353 g/mol. The van der Waals surface area contributed by atoms with Gasteiger partial charge in [0, 0.05) is 0 Å². The third-order valence-corrected chi connectivity index (χ3v) is 3.27. The summed E-state index contributed by atoms with van der Waals surface area (Å²) in [4.78, 5) is 3.95. The van der Waals surface area contributed by atoms with E-state index < -0.39 is 18.2 Å². The van der Waals surface area contributed by atoms with Gasteiger partial charge in [0.1, 0.15) is 0 Å². The highest BCUT2D eigenvalue weighted by Gasteiger charge is 2.32. The third kappa shape index (κ3) is 6.00. The molecule has 0 fully saturated rings. The highest BCUT2D eigenvalue weighted by molar-refractivity contribution is 5.93. The fourth-order valence-electron chi connectivity index (χ4n) is 2.04. The molecule has 0 aliphatic carbocycles. The first-order valence-electron chi connectivity index (χ1n) is 7.41. The van der Waals surface area contributed by atoms with Crippen molar-refractivity contribution in [1.29, 1.82) is 0 Å². The van der Waals surface area contributed by atoms with Crippen molar-refractivity contribution in [3.8, 4) is 5.75 Å². The Morgan fingerprint density at radius 2 is 1.84 bits per heavy atom. The molecular weight excluding hydrogens is 335 g/mol. The molecule has 0 aliphatic rings. The number of aliphatic hydroxyl groups is 1. The van der Waals surface area contributed by atoms with Gasteiger partial charge >= 0.3 is 6.36 Å². The Balaban J connectivity index is 2.03. The molecule has 0 amide bonds. The molecule has 0 spiro atoms. The molecule has 0 bridgehead atoms. The molecule has 134 valence electrons. The summed E-state index contributed by atoms with van der Waals surface area (Å²) in [6.45, 7) is 1.89. The molecule has 2 rings (SSSR count).